The molecule has 4 amide bonds. The van der Waals surface area contributed by atoms with E-state index in [0.717, 1.165) is 5.56 Å². The second-order valence-electron chi connectivity index (χ2n) is 7.02. The molecule has 8 nitrogen and oxygen atoms in total. The summed E-state index contributed by atoms with van der Waals surface area (Å²) in [6.07, 6.45) is 0. The summed E-state index contributed by atoms with van der Waals surface area (Å²) in [5.41, 5.74) is 0.880. The maximum atomic E-state index is 12.5. The largest absolute Gasteiger partial charge is 0.452 e. The van der Waals surface area contributed by atoms with Gasteiger partial charge in [-0.05, 0) is 38.1 Å². The molecule has 3 rings (SSSR count). The van der Waals surface area contributed by atoms with Gasteiger partial charge in [0.15, 0.2) is 6.61 Å². The molecule has 0 saturated carbocycles. The third kappa shape index (κ3) is 5.18. The van der Waals surface area contributed by atoms with E-state index in [1.165, 1.54) is 11.8 Å². The summed E-state index contributed by atoms with van der Waals surface area (Å²) in [5, 5.41) is 7.44. The lowest BCUT2D eigenvalue weighted by Crippen LogP contribution is -2.46. The summed E-state index contributed by atoms with van der Waals surface area (Å²) >= 11 is 1.24. The molecular weight excluding hydrogens is 406 g/mol. The van der Waals surface area contributed by atoms with Crippen LogP contribution in [0.15, 0.2) is 53.4 Å². The van der Waals surface area contributed by atoms with Crippen molar-refractivity contribution in [3.8, 4) is 0 Å². The Bertz CT molecular complexity index is 992. The van der Waals surface area contributed by atoms with Gasteiger partial charge in [0, 0.05) is 16.3 Å². The summed E-state index contributed by atoms with van der Waals surface area (Å²) in [4.78, 5) is 48.5. The third-order valence-electron chi connectivity index (χ3n) is 4.41. The van der Waals surface area contributed by atoms with Crippen LogP contribution in [-0.2, 0) is 14.3 Å². The minimum Gasteiger partial charge on any atom is -0.452 e. The summed E-state index contributed by atoms with van der Waals surface area (Å²) in [6, 6.07) is 13.4. The minimum absolute atomic E-state index is 0.225. The van der Waals surface area contributed by atoms with Gasteiger partial charge in [-0.3, -0.25) is 14.9 Å². The van der Waals surface area contributed by atoms with Crippen molar-refractivity contribution in [1.82, 2.24) is 10.6 Å². The molecule has 2 aromatic carbocycles. The maximum Gasteiger partial charge on any atom is 0.339 e. The predicted octanol–water partition coefficient (Wildman–Crippen LogP) is 2.48. The zero-order chi connectivity index (χ0) is 21.7. The summed E-state index contributed by atoms with van der Waals surface area (Å²) in [7, 11) is 0. The summed E-state index contributed by atoms with van der Waals surface area (Å²) in [6.45, 7) is 3.12. The average molecular weight is 427 g/mol. The number of rotatable bonds is 7. The number of hydrogen-bond donors (Lipinski definition) is 3. The normalized spacial score (nSPS) is 17.8. The molecule has 1 aliphatic heterocycles. The van der Waals surface area contributed by atoms with Gasteiger partial charge in [0.2, 0.25) is 0 Å². The number of thioether (sulfide) groups is 1. The number of amides is 4. The highest BCUT2D eigenvalue weighted by Crippen LogP contribution is 2.28. The lowest BCUT2D eigenvalue weighted by molar-refractivity contribution is -0.122. The lowest BCUT2D eigenvalue weighted by atomic mass is 10.1. The number of hydrogen-bond acceptors (Lipinski definition) is 6. The maximum absolute atomic E-state index is 12.5. The number of benzene rings is 2. The molecule has 0 bridgehead atoms. The monoisotopic (exact) mass is 427 g/mol. The fraction of sp³-hybridized carbons (Fsp3) is 0.238. The number of carbonyl (C=O) groups is 4. The molecule has 1 fully saturated rings. The van der Waals surface area contributed by atoms with E-state index in [1.807, 2.05) is 19.1 Å². The van der Waals surface area contributed by atoms with Crippen LogP contribution in [0.3, 0.4) is 0 Å². The van der Waals surface area contributed by atoms with Gasteiger partial charge in [0.05, 0.1) is 5.56 Å². The van der Waals surface area contributed by atoms with Crippen molar-refractivity contribution in [1.29, 1.82) is 0 Å². The highest BCUT2D eigenvalue weighted by Gasteiger charge is 2.41. The molecule has 1 atom stereocenters. The fourth-order valence-corrected chi connectivity index (χ4v) is 3.84. The van der Waals surface area contributed by atoms with E-state index in [-0.39, 0.29) is 11.3 Å². The molecular formula is C21H21N3O5S. The van der Waals surface area contributed by atoms with Crippen molar-refractivity contribution in [2.24, 2.45) is 0 Å². The smallest absolute Gasteiger partial charge is 0.339 e. The van der Waals surface area contributed by atoms with E-state index in [2.05, 4.69) is 16.0 Å². The standard InChI is InChI=1S/C21H21N3O5S/c1-13-7-9-14(10-8-13)22-17(25)11-29-18(26)15-5-3-4-6-16(15)30-12-21(2)19(27)23-20(28)24-21/h3-10H,11-12H2,1-2H3,(H,22,25)(H2,23,24,27,28). The van der Waals surface area contributed by atoms with E-state index < -0.39 is 36.0 Å². The molecule has 1 unspecified atom stereocenters. The van der Waals surface area contributed by atoms with Gasteiger partial charge in [0.25, 0.3) is 11.8 Å². The van der Waals surface area contributed by atoms with Gasteiger partial charge >= 0.3 is 12.0 Å². The molecule has 30 heavy (non-hydrogen) atoms. The highest BCUT2D eigenvalue weighted by molar-refractivity contribution is 7.99. The van der Waals surface area contributed by atoms with Gasteiger partial charge in [-0.25, -0.2) is 9.59 Å². The van der Waals surface area contributed by atoms with E-state index in [1.54, 1.807) is 43.3 Å². The number of urea groups is 1. The number of carbonyl (C=O) groups excluding carboxylic acids is 4. The van der Waals surface area contributed by atoms with Crippen molar-refractivity contribution in [3.05, 3.63) is 59.7 Å². The quantitative estimate of drug-likeness (QED) is 0.355. The van der Waals surface area contributed by atoms with Gasteiger partial charge in [-0.15, -0.1) is 11.8 Å². The van der Waals surface area contributed by atoms with Crippen LogP contribution in [0.25, 0.3) is 0 Å². The molecule has 156 valence electrons. The summed E-state index contributed by atoms with van der Waals surface area (Å²) < 4.78 is 5.15. The first kappa shape index (κ1) is 21.4. The Labute approximate surface area is 177 Å². The Hall–Kier alpha value is -3.33. The van der Waals surface area contributed by atoms with E-state index in [4.69, 9.17) is 4.74 Å². The Morgan fingerprint density at radius 1 is 1.10 bits per heavy atom. The van der Waals surface area contributed by atoms with Crippen LogP contribution in [0.4, 0.5) is 10.5 Å². The van der Waals surface area contributed by atoms with Gasteiger partial charge in [-0.2, -0.15) is 0 Å². The lowest BCUT2D eigenvalue weighted by Gasteiger charge is -2.20. The highest BCUT2D eigenvalue weighted by atomic mass is 32.2. The number of ether oxygens (including phenoxy) is 1. The van der Waals surface area contributed by atoms with Gasteiger partial charge < -0.3 is 15.4 Å². The first-order valence-electron chi connectivity index (χ1n) is 9.16. The minimum atomic E-state index is -1.08. The van der Waals surface area contributed by atoms with Crippen LogP contribution in [0.2, 0.25) is 0 Å². The van der Waals surface area contributed by atoms with Crippen molar-refractivity contribution < 1.29 is 23.9 Å². The van der Waals surface area contributed by atoms with Crippen molar-refractivity contribution in [2.45, 2.75) is 24.3 Å². The Morgan fingerprint density at radius 3 is 2.47 bits per heavy atom. The third-order valence-corrected chi connectivity index (χ3v) is 5.80. The number of aryl methyl sites for hydroxylation is 1. The van der Waals surface area contributed by atoms with Crippen LogP contribution >= 0.6 is 11.8 Å². The average Bonchev–Trinajstić information content (AvgIpc) is 2.98. The first-order valence-corrected chi connectivity index (χ1v) is 10.1. The molecule has 1 aliphatic rings. The fourth-order valence-electron chi connectivity index (χ4n) is 2.71. The molecule has 0 spiro atoms. The SMILES string of the molecule is Cc1ccc(NC(=O)COC(=O)c2ccccc2SCC2(C)NC(=O)NC2=O)cc1. The van der Waals surface area contributed by atoms with Crippen molar-refractivity contribution in [3.63, 3.8) is 0 Å². The molecule has 0 aromatic heterocycles. The van der Waals surface area contributed by atoms with Crippen LogP contribution in [0.5, 0.6) is 0 Å². The topological polar surface area (TPSA) is 114 Å². The molecule has 3 N–H and O–H groups in total. The molecule has 1 saturated heterocycles. The molecule has 9 heteroatoms. The van der Waals surface area contributed by atoms with Crippen molar-refractivity contribution in [2.75, 3.05) is 17.7 Å². The Kier molecular flexibility index (Phi) is 6.41. The molecule has 2 aromatic rings. The van der Waals surface area contributed by atoms with Crippen molar-refractivity contribution >= 4 is 41.3 Å². The first-order chi connectivity index (χ1) is 14.3. The van der Waals surface area contributed by atoms with E-state index in [9.17, 15) is 19.2 Å². The zero-order valence-electron chi connectivity index (χ0n) is 16.5. The molecule has 1 heterocycles. The number of esters is 1. The van der Waals surface area contributed by atoms with Gasteiger partial charge in [-0.1, -0.05) is 29.8 Å². The molecule has 0 aliphatic carbocycles. The van der Waals surface area contributed by atoms with Crippen LogP contribution in [0, 0.1) is 6.92 Å². The predicted molar refractivity (Wildman–Crippen MR) is 112 cm³/mol. The van der Waals surface area contributed by atoms with E-state index in [0.29, 0.717) is 10.6 Å². The Balaban J connectivity index is 1.58. The van der Waals surface area contributed by atoms with Gasteiger partial charge in [0.1, 0.15) is 5.54 Å². The summed E-state index contributed by atoms with van der Waals surface area (Å²) in [5.74, 6) is -1.30. The van der Waals surface area contributed by atoms with Crippen LogP contribution < -0.4 is 16.0 Å². The zero-order valence-corrected chi connectivity index (χ0v) is 17.3. The molecule has 0 radical (unpaired) electrons. The second-order valence-corrected chi connectivity index (χ2v) is 8.03. The Morgan fingerprint density at radius 2 is 1.80 bits per heavy atom. The number of anilines is 1. The number of nitrogens with one attached hydrogen (secondary N) is 3. The van der Waals surface area contributed by atoms with E-state index >= 15 is 0 Å². The number of imide groups is 1. The van der Waals surface area contributed by atoms with Crippen LogP contribution in [0.1, 0.15) is 22.8 Å². The second kappa shape index (κ2) is 9.00. The van der Waals surface area contributed by atoms with Crippen LogP contribution in [-0.4, -0.2) is 41.7 Å².